The Morgan fingerprint density at radius 2 is 2.03 bits per heavy atom. The Kier molecular flexibility index (Phi) is 6.17. The summed E-state index contributed by atoms with van der Waals surface area (Å²) in [5.74, 6) is 1.50. The van der Waals surface area contributed by atoms with Crippen LogP contribution >= 0.6 is 11.6 Å². The van der Waals surface area contributed by atoms with Crippen LogP contribution in [0.3, 0.4) is 0 Å². The summed E-state index contributed by atoms with van der Waals surface area (Å²) in [6.45, 7) is 3.79. The summed E-state index contributed by atoms with van der Waals surface area (Å²) in [7, 11) is 0. The molecule has 2 amide bonds. The molecule has 2 aromatic rings. The molecule has 1 saturated heterocycles. The van der Waals surface area contributed by atoms with Gasteiger partial charge in [-0.2, -0.15) is 0 Å². The highest BCUT2D eigenvalue weighted by Gasteiger charge is 2.51. The van der Waals surface area contributed by atoms with E-state index < -0.39 is 11.0 Å². The number of hydrogen-bond donors (Lipinski definition) is 2. The highest BCUT2D eigenvalue weighted by molar-refractivity contribution is 6.21. The lowest BCUT2D eigenvalue weighted by molar-refractivity contribution is -0.123. The first kappa shape index (κ1) is 24.6. The van der Waals surface area contributed by atoms with Gasteiger partial charge in [0.05, 0.1) is 22.7 Å². The maximum absolute atomic E-state index is 12.9. The minimum Gasteiger partial charge on any atom is -0.491 e. The number of hydrogen-bond acceptors (Lipinski definition) is 6. The predicted molar refractivity (Wildman–Crippen MR) is 141 cm³/mol. The van der Waals surface area contributed by atoms with Gasteiger partial charge < -0.3 is 15.2 Å². The predicted octanol–water partition coefficient (Wildman–Crippen LogP) is 3.59. The van der Waals surface area contributed by atoms with Gasteiger partial charge in [0.25, 0.3) is 0 Å². The van der Waals surface area contributed by atoms with Crippen LogP contribution in [0.2, 0.25) is 0 Å². The number of aryl methyl sites for hydroxylation is 1. The third-order valence-electron chi connectivity index (χ3n) is 8.79. The molecule has 9 heteroatoms. The first-order chi connectivity index (χ1) is 17.8. The number of pyridine rings is 1. The van der Waals surface area contributed by atoms with E-state index in [1.807, 2.05) is 37.3 Å². The molecule has 1 aromatic heterocycles. The van der Waals surface area contributed by atoms with Gasteiger partial charge in [0.1, 0.15) is 18.2 Å². The molecule has 2 N–H and O–H groups in total. The highest BCUT2D eigenvalue weighted by atomic mass is 35.5. The maximum Gasteiger partial charge on any atom is 0.235 e. The number of likely N-dealkylation sites (tertiary alicyclic amines) is 1. The van der Waals surface area contributed by atoms with E-state index in [0.29, 0.717) is 69.8 Å². The fraction of sp³-hybridized carbons (Fsp3) is 0.536. The number of rotatable bonds is 6. The van der Waals surface area contributed by atoms with Gasteiger partial charge in [0.2, 0.25) is 11.8 Å². The van der Waals surface area contributed by atoms with Gasteiger partial charge in [-0.25, -0.2) is 4.98 Å². The fourth-order valence-electron chi connectivity index (χ4n) is 6.46. The number of amides is 2. The Morgan fingerprint density at radius 3 is 2.81 bits per heavy atom. The first-order valence-electron chi connectivity index (χ1n) is 13.3. The highest BCUT2D eigenvalue weighted by Crippen LogP contribution is 2.47. The molecule has 2 fully saturated rings. The number of benzene rings is 1. The number of alkyl halides is 1. The molecule has 6 rings (SSSR count). The molecule has 4 heterocycles. The summed E-state index contributed by atoms with van der Waals surface area (Å²) < 4.78 is 6.05. The topological polar surface area (TPSA) is 95.0 Å². The third kappa shape index (κ3) is 4.19. The standard InChI is InChI=1S/C28H33ClN4O4/c1-2-27(36)14-19(15-27)33-24(34)8-7-18-13-20(17-30-25(18)33)37-12-11-32-10-9-28(16-23(32)29)21-5-3-4-6-22(21)31-26(28)35/h3-6,13,17,19,23,36H,2,7-12,14-16H2,1H3,(H,31,35). The van der Waals surface area contributed by atoms with Gasteiger partial charge in [-0.1, -0.05) is 25.1 Å². The van der Waals surface area contributed by atoms with E-state index in [9.17, 15) is 14.7 Å². The van der Waals surface area contributed by atoms with Crippen LogP contribution in [0, 0.1) is 0 Å². The molecule has 196 valence electrons. The van der Waals surface area contributed by atoms with E-state index >= 15 is 0 Å². The summed E-state index contributed by atoms with van der Waals surface area (Å²) in [5.41, 5.74) is 1.47. The molecule has 4 aliphatic rings. The number of para-hydroxylation sites is 1. The number of carbonyl (C=O) groups is 2. The molecule has 1 aromatic carbocycles. The van der Waals surface area contributed by atoms with Gasteiger partial charge in [0, 0.05) is 31.2 Å². The number of aromatic nitrogens is 1. The van der Waals surface area contributed by atoms with Crippen molar-refractivity contribution in [3.05, 3.63) is 47.7 Å². The molecule has 2 atom stereocenters. The number of ether oxygens (including phenoxy) is 1. The number of nitrogens with zero attached hydrogens (tertiary/aromatic N) is 3. The lowest BCUT2D eigenvalue weighted by atomic mass is 9.73. The summed E-state index contributed by atoms with van der Waals surface area (Å²) in [4.78, 5) is 34.1. The van der Waals surface area contributed by atoms with Crippen molar-refractivity contribution >= 4 is 34.9 Å². The zero-order chi connectivity index (χ0) is 25.8. The van der Waals surface area contributed by atoms with Crippen molar-refractivity contribution in [3.8, 4) is 5.75 Å². The van der Waals surface area contributed by atoms with Crippen LogP contribution in [0.15, 0.2) is 36.5 Å². The van der Waals surface area contributed by atoms with Crippen LogP contribution in [0.1, 0.15) is 56.6 Å². The molecule has 0 radical (unpaired) electrons. The normalized spacial score (nSPS) is 31.1. The van der Waals surface area contributed by atoms with Crippen LogP contribution in [-0.4, -0.2) is 63.6 Å². The zero-order valence-electron chi connectivity index (χ0n) is 21.1. The summed E-state index contributed by atoms with van der Waals surface area (Å²) in [5, 5.41) is 13.5. The van der Waals surface area contributed by atoms with Gasteiger partial charge in [-0.3, -0.25) is 19.4 Å². The van der Waals surface area contributed by atoms with Crippen LogP contribution in [0.4, 0.5) is 11.5 Å². The van der Waals surface area contributed by atoms with Crippen molar-refractivity contribution in [2.75, 3.05) is 29.9 Å². The van der Waals surface area contributed by atoms with E-state index in [1.54, 1.807) is 11.1 Å². The van der Waals surface area contributed by atoms with Gasteiger partial charge in [-0.05, 0) is 61.8 Å². The van der Waals surface area contributed by atoms with E-state index in [-0.39, 0.29) is 23.4 Å². The smallest absolute Gasteiger partial charge is 0.235 e. The lowest BCUT2D eigenvalue weighted by Crippen LogP contribution is -2.58. The number of nitrogens with one attached hydrogen (secondary N) is 1. The average Bonchev–Trinajstić information content (AvgIpc) is 3.14. The van der Waals surface area contributed by atoms with E-state index in [1.165, 1.54) is 0 Å². The molecule has 0 bridgehead atoms. The largest absolute Gasteiger partial charge is 0.491 e. The number of carbonyl (C=O) groups excluding carboxylic acids is 2. The van der Waals surface area contributed by atoms with Crippen molar-refractivity contribution in [3.63, 3.8) is 0 Å². The van der Waals surface area contributed by atoms with Crippen molar-refractivity contribution in [1.29, 1.82) is 0 Å². The number of piperidine rings is 1. The lowest BCUT2D eigenvalue weighted by Gasteiger charge is -2.49. The third-order valence-corrected chi connectivity index (χ3v) is 9.22. The Hall–Kier alpha value is -2.68. The minimum atomic E-state index is -0.662. The molecule has 8 nitrogen and oxygen atoms in total. The van der Waals surface area contributed by atoms with Gasteiger partial charge in [-0.15, -0.1) is 11.6 Å². The second-order valence-corrected chi connectivity index (χ2v) is 11.4. The number of fused-ring (bicyclic) bond motifs is 3. The number of anilines is 2. The van der Waals surface area contributed by atoms with Crippen molar-refractivity contribution in [1.82, 2.24) is 9.88 Å². The van der Waals surface area contributed by atoms with Crippen LogP contribution in [0.25, 0.3) is 0 Å². The Morgan fingerprint density at radius 1 is 1.22 bits per heavy atom. The van der Waals surface area contributed by atoms with E-state index in [0.717, 1.165) is 23.2 Å². The monoisotopic (exact) mass is 524 g/mol. The second-order valence-electron chi connectivity index (χ2n) is 10.9. The summed E-state index contributed by atoms with van der Waals surface area (Å²) >= 11 is 6.79. The molecule has 37 heavy (non-hydrogen) atoms. The molecule has 1 aliphatic carbocycles. The zero-order valence-corrected chi connectivity index (χ0v) is 21.8. The molecular formula is C28H33ClN4O4. The fourth-order valence-corrected chi connectivity index (χ4v) is 6.92. The Balaban J connectivity index is 1.06. The van der Waals surface area contributed by atoms with Crippen molar-refractivity contribution in [2.24, 2.45) is 0 Å². The second kappa shape index (κ2) is 9.26. The van der Waals surface area contributed by atoms with Gasteiger partial charge >= 0.3 is 0 Å². The van der Waals surface area contributed by atoms with E-state index in [2.05, 4.69) is 15.2 Å². The molecule has 1 saturated carbocycles. The van der Waals surface area contributed by atoms with Crippen LogP contribution in [-0.2, 0) is 21.4 Å². The number of aliphatic hydroxyl groups is 1. The van der Waals surface area contributed by atoms with Crippen LogP contribution < -0.4 is 15.0 Å². The van der Waals surface area contributed by atoms with Crippen molar-refractivity contribution < 1.29 is 19.4 Å². The average molecular weight is 525 g/mol. The van der Waals surface area contributed by atoms with Crippen LogP contribution in [0.5, 0.6) is 5.75 Å². The SMILES string of the molecule is CCC1(O)CC(N2C(=O)CCc3cc(OCCN4CCC5(CC4Cl)C(=O)Nc4ccccc45)cnc32)C1. The number of halogens is 1. The molecule has 1 spiro atoms. The minimum absolute atomic E-state index is 0.00716. The molecule has 3 aliphatic heterocycles. The Labute approximate surface area is 221 Å². The molecule has 2 unspecified atom stereocenters. The molecular weight excluding hydrogens is 492 g/mol. The van der Waals surface area contributed by atoms with Gasteiger partial charge in [0.15, 0.2) is 0 Å². The maximum atomic E-state index is 12.9. The summed E-state index contributed by atoms with van der Waals surface area (Å²) in [6.07, 6.45) is 5.93. The summed E-state index contributed by atoms with van der Waals surface area (Å²) in [6, 6.07) is 9.88. The quantitative estimate of drug-likeness (QED) is 0.443. The first-order valence-corrected chi connectivity index (χ1v) is 13.7. The van der Waals surface area contributed by atoms with Crippen molar-refractivity contribution in [2.45, 2.75) is 74.4 Å². The Bertz CT molecular complexity index is 1230. The van der Waals surface area contributed by atoms with E-state index in [4.69, 9.17) is 16.3 Å².